The van der Waals surface area contributed by atoms with E-state index in [1.807, 2.05) is 0 Å². The van der Waals surface area contributed by atoms with Crippen LogP contribution in [0.3, 0.4) is 0 Å². The molecule has 2 nitrogen and oxygen atoms in total. The zero-order valence-corrected chi connectivity index (χ0v) is 9.77. The monoisotopic (exact) mass is 287 g/mol. The molecule has 8 heteroatoms. The minimum atomic E-state index is -4.70. The largest absolute Gasteiger partial charge is 0.481 e. The number of rotatable bonds is 3. The van der Waals surface area contributed by atoms with Crippen LogP contribution in [-0.4, -0.2) is 12.3 Å². The van der Waals surface area contributed by atoms with Gasteiger partial charge in [-0.15, -0.1) is 0 Å². The van der Waals surface area contributed by atoms with Crippen LogP contribution in [0, 0.1) is 0 Å². The molecule has 0 aliphatic rings. The van der Waals surface area contributed by atoms with E-state index in [-0.39, 0.29) is 12.1 Å². The minimum Gasteiger partial charge on any atom is -0.481 e. The lowest BCUT2D eigenvalue weighted by Gasteiger charge is -2.19. The molecule has 0 fully saturated rings. The Hall–Kier alpha value is -1.44. The van der Waals surface area contributed by atoms with Gasteiger partial charge in [0.1, 0.15) is 5.75 Å². The number of hydrogen-bond acceptors (Lipinski definition) is 2. The minimum absolute atomic E-state index is 0.209. The van der Waals surface area contributed by atoms with Crippen molar-refractivity contribution in [3.05, 3.63) is 29.3 Å². The van der Waals surface area contributed by atoms with Gasteiger partial charge in [0.2, 0.25) is 0 Å². The lowest BCUT2D eigenvalue weighted by molar-refractivity contribution is -0.189. The van der Waals surface area contributed by atoms with Crippen LogP contribution < -0.4 is 10.5 Å². The fourth-order valence-electron chi connectivity index (χ4n) is 1.34. The van der Waals surface area contributed by atoms with Crippen LogP contribution in [0.15, 0.2) is 18.2 Å². The zero-order valence-electron chi connectivity index (χ0n) is 9.77. The predicted molar refractivity (Wildman–Crippen MR) is 55.5 cm³/mol. The van der Waals surface area contributed by atoms with Gasteiger partial charge in [0.15, 0.2) is 6.10 Å². The van der Waals surface area contributed by atoms with Gasteiger partial charge in [-0.05, 0) is 24.6 Å². The molecule has 1 aromatic rings. The summed E-state index contributed by atoms with van der Waals surface area (Å²) >= 11 is 0. The van der Waals surface area contributed by atoms with Crippen molar-refractivity contribution in [2.24, 2.45) is 5.73 Å². The van der Waals surface area contributed by atoms with E-state index in [2.05, 4.69) is 4.74 Å². The third-order valence-corrected chi connectivity index (χ3v) is 2.38. The summed E-state index contributed by atoms with van der Waals surface area (Å²) in [4.78, 5) is 0. The number of alkyl halides is 6. The maximum absolute atomic E-state index is 12.7. The highest BCUT2D eigenvalue weighted by atomic mass is 19.4. The molecule has 0 amide bonds. The molecule has 0 bridgehead atoms. The molecule has 19 heavy (non-hydrogen) atoms. The zero-order chi connectivity index (χ0) is 14.8. The van der Waals surface area contributed by atoms with Crippen molar-refractivity contribution in [2.75, 3.05) is 0 Å². The lowest BCUT2D eigenvalue weighted by atomic mass is 10.1. The van der Waals surface area contributed by atoms with Crippen LogP contribution in [0.4, 0.5) is 26.3 Å². The van der Waals surface area contributed by atoms with Crippen LogP contribution in [-0.2, 0) is 12.7 Å². The second-order valence-electron chi connectivity index (χ2n) is 3.82. The molecule has 108 valence electrons. The van der Waals surface area contributed by atoms with Crippen molar-refractivity contribution in [2.45, 2.75) is 31.9 Å². The Morgan fingerprint density at radius 2 is 1.74 bits per heavy atom. The highest BCUT2D eigenvalue weighted by molar-refractivity contribution is 5.37. The summed E-state index contributed by atoms with van der Waals surface area (Å²) in [5, 5.41) is 0. The molecule has 0 aliphatic heterocycles. The molecule has 0 aromatic heterocycles. The second kappa shape index (κ2) is 5.28. The Labute approximate surface area is 105 Å². The Balaban J connectivity index is 3.06. The number of nitrogens with two attached hydrogens (primary N) is 1. The Morgan fingerprint density at radius 1 is 1.16 bits per heavy atom. The van der Waals surface area contributed by atoms with E-state index in [4.69, 9.17) is 5.73 Å². The summed E-state index contributed by atoms with van der Waals surface area (Å²) in [6.45, 7) is 0.341. The first-order chi connectivity index (χ1) is 8.55. The molecule has 1 rings (SSSR count). The molecule has 0 aliphatic carbocycles. The van der Waals surface area contributed by atoms with Crippen molar-refractivity contribution in [1.29, 1.82) is 0 Å². The first kappa shape index (κ1) is 15.6. The van der Waals surface area contributed by atoms with Gasteiger partial charge in [-0.1, -0.05) is 6.07 Å². The van der Waals surface area contributed by atoms with Crippen LogP contribution in [0.25, 0.3) is 0 Å². The Morgan fingerprint density at radius 3 is 2.16 bits per heavy atom. The summed E-state index contributed by atoms with van der Waals surface area (Å²) in [5.41, 5.74) is 3.84. The molecular weight excluding hydrogens is 276 g/mol. The normalized spacial score (nSPS) is 14.3. The van der Waals surface area contributed by atoms with Crippen LogP contribution >= 0.6 is 0 Å². The summed E-state index contributed by atoms with van der Waals surface area (Å²) in [6, 6.07) is 2.55. The van der Waals surface area contributed by atoms with Crippen molar-refractivity contribution in [3.63, 3.8) is 0 Å². The summed E-state index contributed by atoms with van der Waals surface area (Å²) in [6.07, 6.45) is -11.5. The van der Waals surface area contributed by atoms with Crippen LogP contribution in [0.1, 0.15) is 18.1 Å². The van der Waals surface area contributed by atoms with E-state index in [1.165, 1.54) is 0 Å². The van der Waals surface area contributed by atoms with Gasteiger partial charge in [-0.3, -0.25) is 0 Å². The smallest absolute Gasteiger partial charge is 0.425 e. The lowest BCUT2D eigenvalue weighted by Crippen LogP contribution is -2.31. The average molecular weight is 287 g/mol. The summed E-state index contributed by atoms with van der Waals surface area (Å²) < 4.78 is 79.2. The highest BCUT2D eigenvalue weighted by Gasteiger charge is 2.39. The molecule has 0 heterocycles. The standard InChI is InChI=1S/C11H11F6NO/c1-6(10(12,13)14)19-8-3-2-7(5-18)9(4-8)11(15,16)17/h2-4,6H,5,18H2,1H3. The van der Waals surface area contributed by atoms with Gasteiger partial charge in [-0.25, -0.2) is 0 Å². The molecule has 0 saturated heterocycles. The maximum Gasteiger partial charge on any atom is 0.425 e. The molecular formula is C11H11F6NO. The van der Waals surface area contributed by atoms with Crippen molar-refractivity contribution < 1.29 is 31.1 Å². The summed E-state index contributed by atoms with van der Waals surface area (Å²) in [5.74, 6) is -0.505. The Bertz CT molecular complexity index is 440. The van der Waals surface area contributed by atoms with Gasteiger partial charge in [-0.2, -0.15) is 26.3 Å². The van der Waals surface area contributed by atoms with Gasteiger partial charge < -0.3 is 10.5 Å². The molecule has 0 saturated carbocycles. The quantitative estimate of drug-likeness (QED) is 0.864. The van der Waals surface area contributed by atoms with Gasteiger partial charge >= 0.3 is 12.4 Å². The van der Waals surface area contributed by atoms with E-state index in [9.17, 15) is 26.3 Å². The SMILES string of the molecule is CC(Oc1ccc(CN)c(C(F)(F)F)c1)C(F)(F)F. The van der Waals surface area contributed by atoms with Gasteiger partial charge in [0.25, 0.3) is 0 Å². The third-order valence-electron chi connectivity index (χ3n) is 2.38. The van der Waals surface area contributed by atoms with Crippen LogP contribution in [0.2, 0.25) is 0 Å². The third kappa shape index (κ3) is 4.02. The molecule has 2 N–H and O–H groups in total. The van der Waals surface area contributed by atoms with Crippen molar-refractivity contribution >= 4 is 0 Å². The number of ether oxygens (including phenoxy) is 1. The van der Waals surface area contributed by atoms with Crippen molar-refractivity contribution in [1.82, 2.24) is 0 Å². The fraction of sp³-hybridized carbons (Fsp3) is 0.455. The number of benzene rings is 1. The average Bonchev–Trinajstić information content (AvgIpc) is 2.26. The molecule has 1 atom stereocenters. The maximum atomic E-state index is 12.7. The first-order valence-electron chi connectivity index (χ1n) is 5.19. The van der Waals surface area contributed by atoms with Crippen LogP contribution in [0.5, 0.6) is 5.75 Å². The van der Waals surface area contributed by atoms with E-state index >= 15 is 0 Å². The molecule has 1 aromatic carbocycles. The molecule has 0 radical (unpaired) electrons. The first-order valence-corrected chi connectivity index (χ1v) is 5.19. The second-order valence-corrected chi connectivity index (χ2v) is 3.82. The van der Waals surface area contributed by atoms with Crippen molar-refractivity contribution in [3.8, 4) is 5.75 Å². The number of halogens is 6. The van der Waals surface area contributed by atoms with Gasteiger partial charge in [0, 0.05) is 6.54 Å². The Kier molecular flexibility index (Phi) is 4.34. The van der Waals surface area contributed by atoms with Gasteiger partial charge in [0.05, 0.1) is 5.56 Å². The van der Waals surface area contributed by atoms with E-state index in [0.29, 0.717) is 13.0 Å². The van der Waals surface area contributed by atoms with E-state index in [1.54, 1.807) is 0 Å². The molecule has 1 unspecified atom stereocenters. The predicted octanol–water partition coefficient (Wildman–Crippen LogP) is 3.49. The number of hydrogen-bond donors (Lipinski definition) is 1. The van der Waals surface area contributed by atoms with E-state index in [0.717, 1.165) is 12.1 Å². The summed E-state index contributed by atoms with van der Waals surface area (Å²) in [7, 11) is 0. The fourth-order valence-corrected chi connectivity index (χ4v) is 1.34. The highest BCUT2D eigenvalue weighted by Crippen LogP contribution is 2.35. The topological polar surface area (TPSA) is 35.2 Å². The van der Waals surface area contributed by atoms with E-state index < -0.39 is 29.8 Å². The molecule has 0 spiro atoms.